The number of aliphatic hydroxyl groups is 1. The predicted molar refractivity (Wildman–Crippen MR) is 59.4 cm³/mol. The summed E-state index contributed by atoms with van der Waals surface area (Å²) >= 11 is 11.6. The van der Waals surface area contributed by atoms with Gasteiger partial charge in [-0.05, 0) is 13.0 Å². The van der Waals surface area contributed by atoms with E-state index < -0.39 is 6.10 Å². The number of amides is 1. The molecule has 4 nitrogen and oxygen atoms in total. The normalized spacial score (nSPS) is 12.6. The molecule has 0 fully saturated rings. The number of nitrogens with one attached hydrogen (secondary N) is 1. The van der Waals surface area contributed by atoms with E-state index in [1.165, 1.54) is 10.6 Å². The third-order valence-corrected chi connectivity index (χ3v) is 2.75. The van der Waals surface area contributed by atoms with Crippen molar-refractivity contribution < 1.29 is 9.90 Å². The second-order valence-electron chi connectivity index (χ2n) is 3.29. The second-order valence-corrected chi connectivity index (χ2v) is 4.05. The second kappa shape index (κ2) is 4.88. The summed E-state index contributed by atoms with van der Waals surface area (Å²) in [6.45, 7) is 1.78. The third kappa shape index (κ3) is 2.87. The quantitative estimate of drug-likeness (QED) is 0.854. The average molecular weight is 251 g/mol. The summed E-state index contributed by atoms with van der Waals surface area (Å²) in [7, 11) is 1.64. The summed E-state index contributed by atoms with van der Waals surface area (Å²) in [4.78, 5) is 11.6. The van der Waals surface area contributed by atoms with Crippen LogP contribution in [0.3, 0.4) is 0 Å². The minimum absolute atomic E-state index is 0.194. The van der Waals surface area contributed by atoms with Crippen LogP contribution in [0.1, 0.15) is 17.4 Å². The van der Waals surface area contributed by atoms with Crippen molar-refractivity contribution in [3.8, 4) is 0 Å². The van der Waals surface area contributed by atoms with E-state index in [1.54, 1.807) is 14.0 Å². The fraction of sp³-hybridized carbons (Fsp3) is 0.444. The van der Waals surface area contributed by atoms with Crippen molar-refractivity contribution in [2.75, 3.05) is 6.54 Å². The van der Waals surface area contributed by atoms with E-state index in [0.29, 0.717) is 15.9 Å². The lowest BCUT2D eigenvalue weighted by atomic mass is 10.3. The van der Waals surface area contributed by atoms with Gasteiger partial charge in [0.15, 0.2) is 0 Å². The maximum absolute atomic E-state index is 11.6. The Labute approximate surface area is 97.8 Å². The van der Waals surface area contributed by atoms with E-state index in [9.17, 15) is 4.79 Å². The van der Waals surface area contributed by atoms with Crippen molar-refractivity contribution >= 4 is 29.1 Å². The van der Waals surface area contributed by atoms with E-state index in [1.807, 2.05) is 0 Å². The first-order chi connectivity index (χ1) is 6.93. The maximum Gasteiger partial charge on any atom is 0.268 e. The SMILES string of the molecule is C[C@H](O)CNC(=O)c1cc(Cl)c(Cl)n1C. The van der Waals surface area contributed by atoms with Crippen LogP contribution in [0.25, 0.3) is 0 Å². The highest BCUT2D eigenvalue weighted by molar-refractivity contribution is 6.41. The number of carbonyl (C=O) groups is 1. The zero-order chi connectivity index (χ0) is 11.6. The average Bonchev–Trinajstić information content (AvgIpc) is 2.42. The minimum Gasteiger partial charge on any atom is -0.392 e. The number of aliphatic hydroxyl groups excluding tert-OH is 1. The molecule has 0 unspecified atom stereocenters. The molecule has 1 rings (SSSR count). The van der Waals surface area contributed by atoms with Crippen LogP contribution in [0.4, 0.5) is 0 Å². The van der Waals surface area contributed by atoms with Gasteiger partial charge < -0.3 is 15.0 Å². The van der Waals surface area contributed by atoms with E-state index in [-0.39, 0.29) is 12.5 Å². The van der Waals surface area contributed by atoms with E-state index in [2.05, 4.69) is 5.32 Å². The molecule has 15 heavy (non-hydrogen) atoms. The number of halogens is 2. The molecule has 0 aromatic carbocycles. The molecule has 84 valence electrons. The number of nitrogens with zero attached hydrogens (tertiary/aromatic N) is 1. The van der Waals surface area contributed by atoms with Crippen LogP contribution in [0.5, 0.6) is 0 Å². The van der Waals surface area contributed by atoms with Gasteiger partial charge in [-0.25, -0.2) is 0 Å². The van der Waals surface area contributed by atoms with E-state index in [4.69, 9.17) is 28.3 Å². The first-order valence-corrected chi connectivity index (χ1v) is 5.16. The van der Waals surface area contributed by atoms with Gasteiger partial charge in [-0.3, -0.25) is 4.79 Å². The first-order valence-electron chi connectivity index (χ1n) is 4.40. The maximum atomic E-state index is 11.6. The van der Waals surface area contributed by atoms with Gasteiger partial charge in [-0.2, -0.15) is 0 Å². The summed E-state index contributed by atoms with van der Waals surface area (Å²) in [5.74, 6) is -0.313. The summed E-state index contributed by atoms with van der Waals surface area (Å²) in [6, 6.07) is 1.49. The van der Waals surface area contributed by atoms with Crippen LogP contribution in [-0.2, 0) is 7.05 Å². The Bertz CT molecular complexity index is 374. The first kappa shape index (κ1) is 12.4. The van der Waals surface area contributed by atoms with Crippen molar-refractivity contribution in [3.05, 3.63) is 21.9 Å². The van der Waals surface area contributed by atoms with Gasteiger partial charge in [-0.15, -0.1) is 0 Å². The molecule has 0 aliphatic rings. The van der Waals surface area contributed by atoms with Crippen molar-refractivity contribution in [1.82, 2.24) is 9.88 Å². The standard InChI is InChI=1S/C9H12Cl2N2O2/c1-5(14)4-12-9(15)7-3-6(10)8(11)13(7)2/h3,5,14H,4H2,1-2H3,(H,12,15)/t5-/m0/s1. The molecule has 0 bridgehead atoms. The van der Waals surface area contributed by atoms with Crippen molar-refractivity contribution in [2.24, 2.45) is 7.05 Å². The molecule has 1 aromatic heterocycles. The molecule has 2 N–H and O–H groups in total. The summed E-state index contributed by atoms with van der Waals surface area (Å²) in [5.41, 5.74) is 0.366. The third-order valence-electron chi connectivity index (χ3n) is 1.91. The molecular weight excluding hydrogens is 239 g/mol. The molecule has 0 saturated heterocycles. The van der Waals surface area contributed by atoms with Gasteiger partial charge in [0.2, 0.25) is 0 Å². The Morgan fingerprint density at radius 3 is 2.67 bits per heavy atom. The lowest BCUT2D eigenvalue weighted by Crippen LogP contribution is -2.31. The van der Waals surface area contributed by atoms with E-state index in [0.717, 1.165) is 0 Å². The van der Waals surface area contributed by atoms with Gasteiger partial charge in [0.1, 0.15) is 10.8 Å². The number of hydrogen-bond donors (Lipinski definition) is 2. The highest BCUT2D eigenvalue weighted by Gasteiger charge is 2.15. The highest BCUT2D eigenvalue weighted by Crippen LogP contribution is 2.24. The molecule has 0 radical (unpaired) electrons. The Kier molecular flexibility index (Phi) is 4.02. The Morgan fingerprint density at radius 1 is 1.67 bits per heavy atom. The Hall–Kier alpha value is -0.710. The molecule has 6 heteroatoms. The number of carbonyl (C=O) groups excluding carboxylic acids is 1. The van der Waals surface area contributed by atoms with Crippen molar-refractivity contribution in [2.45, 2.75) is 13.0 Å². The smallest absolute Gasteiger partial charge is 0.268 e. The summed E-state index contributed by atoms with van der Waals surface area (Å²) < 4.78 is 1.49. The lowest BCUT2D eigenvalue weighted by molar-refractivity contribution is 0.0916. The zero-order valence-electron chi connectivity index (χ0n) is 8.42. The fourth-order valence-electron chi connectivity index (χ4n) is 1.09. The minimum atomic E-state index is -0.583. The number of rotatable bonds is 3. The monoisotopic (exact) mass is 250 g/mol. The van der Waals surface area contributed by atoms with Gasteiger partial charge in [0, 0.05) is 13.6 Å². The molecule has 1 amide bonds. The molecule has 1 aromatic rings. The van der Waals surface area contributed by atoms with Crippen LogP contribution in [0.2, 0.25) is 10.2 Å². The van der Waals surface area contributed by atoms with Crippen LogP contribution in [-0.4, -0.2) is 28.2 Å². The lowest BCUT2D eigenvalue weighted by Gasteiger charge is -2.07. The topological polar surface area (TPSA) is 54.3 Å². The molecule has 0 saturated carbocycles. The molecule has 1 heterocycles. The molecule has 0 spiro atoms. The summed E-state index contributed by atoms with van der Waals surface area (Å²) in [5, 5.41) is 12.2. The fourth-order valence-corrected chi connectivity index (χ4v) is 1.47. The van der Waals surface area contributed by atoms with Gasteiger partial charge in [0.25, 0.3) is 5.91 Å². The van der Waals surface area contributed by atoms with Crippen LogP contribution >= 0.6 is 23.2 Å². The Morgan fingerprint density at radius 2 is 2.27 bits per heavy atom. The highest BCUT2D eigenvalue weighted by atomic mass is 35.5. The largest absolute Gasteiger partial charge is 0.392 e. The van der Waals surface area contributed by atoms with Crippen molar-refractivity contribution in [3.63, 3.8) is 0 Å². The predicted octanol–water partition coefficient (Wildman–Crippen LogP) is 1.44. The zero-order valence-corrected chi connectivity index (χ0v) is 9.93. The van der Waals surface area contributed by atoms with Gasteiger partial charge in [0.05, 0.1) is 11.1 Å². The van der Waals surface area contributed by atoms with Crippen LogP contribution in [0, 0.1) is 0 Å². The number of hydrogen-bond acceptors (Lipinski definition) is 2. The van der Waals surface area contributed by atoms with Crippen molar-refractivity contribution in [1.29, 1.82) is 0 Å². The Balaban J connectivity index is 2.78. The van der Waals surface area contributed by atoms with Crippen LogP contribution < -0.4 is 5.32 Å². The van der Waals surface area contributed by atoms with Crippen LogP contribution in [0.15, 0.2) is 6.07 Å². The molecule has 0 aliphatic carbocycles. The van der Waals surface area contributed by atoms with Gasteiger partial charge in [-0.1, -0.05) is 23.2 Å². The van der Waals surface area contributed by atoms with Gasteiger partial charge >= 0.3 is 0 Å². The molecule has 1 atom stereocenters. The summed E-state index contributed by atoms with van der Waals surface area (Å²) in [6.07, 6.45) is -0.583. The number of aromatic nitrogens is 1. The van der Waals surface area contributed by atoms with E-state index >= 15 is 0 Å². The molecule has 0 aliphatic heterocycles. The molecular formula is C9H12Cl2N2O2.